The molecule has 25 heavy (non-hydrogen) atoms. The third-order valence-corrected chi connectivity index (χ3v) is 4.51. The molecular weight excluding hydrogens is 312 g/mol. The number of hydrogen-bond acceptors (Lipinski definition) is 2. The molecule has 1 atom stereocenters. The summed E-state index contributed by atoms with van der Waals surface area (Å²) in [5.74, 6) is 0. The first-order chi connectivity index (χ1) is 11.8. The Morgan fingerprint density at radius 2 is 1.80 bits per heavy atom. The Morgan fingerprint density at radius 3 is 2.40 bits per heavy atom. The molecule has 0 fully saturated rings. The predicted molar refractivity (Wildman–Crippen MR) is 102 cm³/mol. The van der Waals surface area contributed by atoms with E-state index < -0.39 is 0 Å². The Kier molecular flexibility index (Phi) is 4.50. The van der Waals surface area contributed by atoms with E-state index in [1.54, 1.807) is 0 Å². The van der Waals surface area contributed by atoms with Crippen LogP contribution in [0.3, 0.4) is 0 Å². The number of nitrogens with one attached hydrogen (secondary N) is 1. The number of carbonyl (C=O) groups excluding carboxylic acids is 1. The van der Waals surface area contributed by atoms with Crippen LogP contribution >= 0.6 is 0 Å². The highest BCUT2D eigenvalue weighted by atomic mass is 16.2. The van der Waals surface area contributed by atoms with Crippen molar-refractivity contribution in [2.24, 2.45) is 0 Å². The van der Waals surface area contributed by atoms with Crippen LogP contribution in [0.25, 0.3) is 0 Å². The van der Waals surface area contributed by atoms with E-state index in [9.17, 15) is 4.79 Å². The van der Waals surface area contributed by atoms with E-state index in [1.165, 1.54) is 0 Å². The van der Waals surface area contributed by atoms with Gasteiger partial charge in [0.25, 0.3) is 0 Å². The molecule has 5 heteroatoms. The van der Waals surface area contributed by atoms with Gasteiger partial charge in [-0.15, -0.1) is 0 Å². The van der Waals surface area contributed by atoms with Crippen molar-refractivity contribution in [3.8, 4) is 0 Å². The van der Waals surface area contributed by atoms with Crippen molar-refractivity contribution < 1.29 is 4.79 Å². The highest BCUT2D eigenvalue weighted by Crippen LogP contribution is 2.33. The topological polar surface area (TPSA) is 40.5 Å². The van der Waals surface area contributed by atoms with Crippen LogP contribution in [0.5, 0.6) is 0 Å². The summed E-state index contributed by atoms with van der Waals surface area (Å²) in [5.41, 5.74) is 3.19. The lowest BCUT2D eigenvalue weighted by atomic mass is 9.99. The Labute approximate surface area is 150 Å². The summed E-state index contributed by atoms with van der Waals surface area (Å²) in [6, 6.07) is 12.6. The van der Waals surface area contributed by atoms with Crippen molar-refractivity contribution >= 4 is 11.7 Å². The zero-order valence-corrected chi connectivity index (χ0v) is 15.8. The summed E-state index contributed by atoms with van der Waals surface area (Å²) in [4.78, 5) is 16.9. The quantitative estimate of drug-likeness (QED) is 0.909. The van der Waals surface area contributed by atoms with Crippen LogP contribution in [0, 0.1) is 0 Å². The number of fused-ring (bicyclic) bond motifs is 1. The van der Waals surface area contributed by atoms with Gasteiger partial charge in [-0.05, 0) is 50.6 Å². The minimum atomic E-state index is -0.254. The SMILES string of the molecule is CN(C)c1ccc(C2c3cccn3CCN2C(=O)NC(C)(C)C)cc1. The lowest BCUT2D eigenvalue weighted by Gasteiger charge is -2.39. The van der Waals surface area contributed by atoms with Crippen LogP contribution in [0.2, 0.25) is 0 Å². The second-order valence-electron chi connectivity index (χ2n) is 7.89. The molecule has 1 N–H and O–H groups in total. The van der Waals surface area contributed by atoms with Gasteiger partial charge in [-0.1, -0.05) is 12.1 Å². The molecule has 1 aromatic carbocycles. The fraction of sp³-hybridized carbons (Fsp3) is 0.450. The first kappa shape index (κ1) is 17.4. The number of aromatic nitrogens is 1. The largest absolute Gasteiger partial charge is 0.378 e. The molecule has 1 unspecified atom stereocenters. The Balaban J connectivity index is 1.97. The maximum atomic E-state index is 12.9. The van der Waals surface area contributed by atoms with Crippen LogP contribution in [0.1, 0.15) is 38.1 Å². The van der Waals surface area contributed by atoms with Crippen LogP contribution in [0.4, 0.5) is 10.5 Å². The number of amides is 2. The van der Waals surface area contributed by atoms with E-state index in [-0.39, 0.29) is 17.6 Å². The lowest BCUT2D eigenvalue weighted by Crippen LogP contribution is -2.52. The van der Waals surface area contributed by atoms with E-state index in [1.807, 2.05) is 39.8 Å². The van der Waals surface area contributed by atoms with Crippen molar-refractivity contribution in [2.45, 2.75) is 38.9 Å². The second-order valence-corrected chi connectivity index (χ2v) is 7.89. The zero-order chi connectivity index (χ0) is 18.2. The molecule has 2 amide bonds. The van der Waals surface area contributed by atoms with Gasteiger partial charge in [-0.3, -0.25) is 0 Å². The van der Waals surface area contributed by atoms with Crippen LogP contribution in [-0.2, 0) is 6.54 Å². The summed E-state index contributed by atoms with van der Waals surface area (Å²) in [7, 11) is 4.06. The Bertz CT molecular complexity index is 740. The summed E-state index contributed by atoms with van der Waals surface area (Å²) >= 11 is 0. The maximum Gasteiger partial charge on any atom is 0.318 e. The van der Waals surface area contributed by atoms with Gasteiger partial charge in [0.1, 0.15) is 0 Å². The smallest absolute Gasteiger partial charge is 0.318 e. The average Bonchev–Trinajstić information content (AvgIpc) is 3.00. The first-order valence-electron chi connectivity index (χ1n) is 8.77. The molecule has 0 aliphatic carbocycles. The third-order valence-electron chi connectivity index (χ3n) is 4.51. The third kappa shape index (κ3) is 3.65. The van der Waals surface area contributed by atoms with Gasteiger partial charge >= 0.3 is 6.03 Å². The molecule has 2 aromatic rings. The van der Waals surface area contributed by atoms with Gasteiger partial charge < -0.3 is 19.7 Å². The van der Waals surface area contributed by atoms with Crippen LogP contribution in [0.15, 0.2) is 42.6 Å². The number of benzene rings is 1. The highest BCUT2D eigenvalue weighted by molar-refractivity contribution is 5.76. The summed E-state index contributed by atoms with van der Waals surface area (Å²) in [5, 5.41) is 3.11. The Morgan fingerprint density at radius 1 is 1.12 bits per heavy atom. The summed E-state index contributed by atoms with van der Waals surface area (Å²) in [6.07, 6.45) is 2.09. The molecule has 3 rings (SSSR count). The van der Waals surface area contributed by atoms with E-state index in [4.69, 9.17) is 0 Å². The van der Waals surface area contributed by atoms with Crippen molar-refractivity contribution in [1.82, 2.24) is 14.8 Å². The maximum absolute atomic E-state index is 12.9. The number of nitrogens with zero attached hydrogens (tertiary/aromatic N) is 3. The molecule has 5 nitrogen and oxygen atoms in total. The van der Waals surface area contributed by atoms with Gasteiger partial charge in [0.15, 0.2) is 0 Å². The lowest BCUT2D eigenvalue weighted by molar-refractivity contribution is 0.161. The normalized spacial score (nSPS) is 17.2. The van der Waals surface area contributed by atoms with Crippen molar-refractivity contribution in [1.29, 1.82) is 0 Å². The molecule has 2 heterocycles. The monoisotopic (exact) mass is 340 g/mol. The molecule has 0 spiro atoms. The van der Waals surface area contributed by atoms with Crippen molar-refractivity contribution in [2.75, 3.05) is 25.5 Å². The van der Waals surface area contributed by atoms with Crippen molar-refractivity contribution in [3.63, 3.8) is 0 Å². The summed E-state index contributed by atoms with van der Waals surface area (Å²) < 4.78 is 2.24. The standard InChI is InChI=1S/C20H28N4O/c1-20(2,3)21-19(25)24-14-13-23-12-6-7-17(23)18(24)15-8-10-16(11-9-15)22(4)5/h6-12,18H,13-14H2,1-5H3,(H,21,25). The predicted octanol–water partition coefficient (Wildman–Crippen LogP) is 3.47. The fourth-order valence-corrected chi connectivity index (χ4v) is 3.30. The van der Waals surface area contributed by atoms with Gasteiger partial charge in [0.2, 0.25) is 0 Å². The molecule has 1 aliphatic rings. The van der Waals surface area contributed by atoms with Gasteiger partial charge in [-0.25, -0.2) is 4.79 Å². The van der Waals surface area contributed by atoms with Gasteiger partial charge in [0.05, 0.1) is 6.04 Å². The number of hydrogen-bond donors (Lipinski definition) is 1. The van der Waals surface area contributed by atoms with Crippen LogP contribution < -0.4 is 10.2 Å². The first-order valence-corrected chi connectivity index (χ1v) is 8.77. The highest BCUT2D eigenvalue weighted by Gasteiger charge is 2.33. The van der Waals surface area contributed by atoms with E-state index in [0.717, 1.165) is 23.5 Å². The second kappa shape index (κ2) is 6.47. The fourth-order valence-electron chi connectivity index (χ4n) is 3.30. The number of anilines is 1. The number of urea groups is 1. The number of rotatable bonds is 2. The molecule has 1 aromatic heterocycles. The molecular formula is C20H28N4O. The summed E-state index contributed by atoms with van der Waals surface area (Å²) in [6.45, 7) is 7.56. The van der Waals surface area contributed by atoms with Crippen molar-refractivity contribution in [3.05, 3.63) is 53.9 Å². The molecule has 0 bridgehead atoms. The minimum absolute atomic E-state index is 0.0124. The van der Waals surface area contributed by atoms with Crippen LogP contribution in [-0.4, -0.2) is 41.7 Å². The van der Waals surface area contributed by atoms with Gasteiger partial charge in [0, 0.05) is 50.3 Å². The average molecular weight is 340 g/mol. The van der Waals surface area contributed by atoms with E-state index in [0.29, 0.717) is 6.54 Å². The zero-order valence-electron chi connectivity index (χ0n) is 15.8. The molecule has 134 valence electrons. The molecule has 1 aliphatic heterocycles. The molecule has 0 saturated heterocycles. The van der Waals surface area contributed by atoms with Gasteiger partial charge in [-0.2, -0.15) is 0 Å². The number of carbonyl (C=O) groups is 1. The van der Waals surface area contributed by atoms with E-state index >= 15 is 0 Å². The molecule has 0 saturated carbocycles. The van der Waals surface area contributed by atoms with E-state index in [2.05, 4.69) is 57.4 Å². The molecule has 0 radical (unpaired) electrons. The Hall–Kier alpha value is -2.43. The minimum Gasteiger partial charge on any atom is -0.378 e.